The van der Waals surface area contributed by atoms with Crippen LogP contribution < -0.4 is 11.2 Å². The Morgan fingerprint density at radius 3 is 2.59 bits per heavy atom. The van der Waals surface area contributed by atoms with Crippen LogP contribution in [-0.2, 0) is 14.4 Å². The largest absolute Gasteiger partial charge is 0.368 e. The van der Waals surface area contributed by atoms with Crippen molar-refractivity contribution in [3.05, 3.63) is 59.2 Å². The van der Waals surface area contributed by atoms with Crippen LogP contribution in [-0.4, -0.2) is 25.9 Å². The molecule has 27 heavy (non-hydrogen) atoms. The van der Waals surface area contributed by atoms with E-state index in [-0.39, 0.29) is 10.7 Å². The van der Waals surface area contributed by atoms with Crippen LogP contribution in [0.3, 0.4) is 0 Å². The number of hydrogen-bond donors (Lipinski definition) is 3. The number of rotatable bonds is 6. The SMILES string of the molecule is N=C(N)NOS(=O)(=O)CC(=O)c1cc2c(-c3ccc(F)cc3)cccc2s1. The minimum atomic E-state index is -4.25. The maximum absolute atomic E-state index is 13.2. The zero-order valence-electron chi connectivity index (χ0n) is 13.7. The van der Waals surface area contributed by atoms with Crippen LogP contribution in [0.4, 0.5) is 4.39 Å². The highest BCUT2D eigenvalue weighted by atomic mass is 32.2. The van der Waals surface area contributed by atoms with Gasteiger partial charge in [-0.25, -0.2) is 9.87 Å². The van der Waals surface area contributed by atoms with Gasteiger partial charge in [0, 0.05) is 10.1 Å². The number of nitrogens with one attached hydrogen (secondary N) is 2. The second-order valence-electron chi connectivity index (χ2n) is 5.56. The first kappa shape index (κ1) is 19.0. The van der Waals surface area contributed by atoms with Crippen molar-refractivity contribution in [2.24, 2.45) is 5.73 Å². The van der Waals surface area contributed by atoms with Gasteiger partial charge in [0.2, 0.25) is 5.96 Å². The molecule has 4 N–H and O–H groups in total. The van der Waals surface area contributed by atoms with E-state index in [0.717, 1.165) is 32.5 Å². The predicted octanol–water partition coefficient (Wildman–Crippen LogP) is 2.63. The normalized spacial score (nSPS) is 11.4. The first-order valence-electron chi connectivity index (χ1n) is 7.58. The van der Waals surface area contributed by atoms with Crippen LogP contribution in [0, 0.1) is 11.2 Å². The van der Waals surface area contributed by atoms with Crippen LogP contribution in [0.25, 0.3) is 21.2 Å². The summed E-state index contributed by atoms with van der Waals surface area (Å²) in [5, 5.41) is 7.65. The summed E-state index contributed by atoms with van der Waals surface area (Å²) in [5.74, 6) is -2.59. The highest BCUT2D eigenvalue weighted by Crippen LogP contribution is 2.34. The molecule has 0 unspecified atom stereocenters. The molecule has 0 spiro atoms. The quantitative estimate of drug-likeness (QED) is 0.250. The molecule has 0 aliphatic heterocycles. The molecular weight excluding hydrogens is 393 g/mol. The molecular formula is C17H14FN3O4S2. The van der Waals surface area contributed by atoms with Crippen molar-refractivity contribution in [1.82, 2.24) is 5.48 Å². The average Bonchev–Trinajstić information content (AvgIpc) is 3.05. The van der Waals surface area contributed by atoms with Gasteiger partial charge in [0.15, 0.2) is 5.78 Å². The Kier molecular flexibility index (Phi) is 5.22. The molecule has 0 fully saturated rings. The third kappa shape index (κ3) is 4.48. The van der Waals surface area contributed by atoms with Crippen molar-refractivity contribution in [2.45, 2.75) is 0 Å². The smallest absolute Gasteiger partial charge is 0.295 e. The van der Waals surface area contributed by atoms with Gasteiger partial charge >= 0.3 is 0 Å². The van der Waals surface area contributed by atoms with E-state index in [9.17, 15) is 17.6 Å². The molecule has 0 radical (unpaired) electrons. The van der Waals surface area contributed by atoms with E-state index in [0.29, 0.717) is 0 Å². The Hall–Kier alpha value is -2.82. The Labute approximate surface area is 158 Å². The van der Waals surface area contributed by atoms with Crippen LogP contribution in [0.5, 0.6) is 0 Å². The zero-order chi connectivity index (χ0) is 19.6. The molecule has 0 amide bonds. The van der Waals surface area contributed by atoms with Crippen molar-refractivity contribution in [3.63, 3.8) is 0 Å². The standard InChI is InChI=1S/C17H14FN3O4S2/c18-11-6-4-10(5-7-11)12-2-1-3-15-13(12)8-16(26-15)14(22)9-27(23,24)25-21-17(19)20/h1-8H,9H2,(H4,19,20,21). The van der Waals surface area contributed by atoms with Crippen LogP contribution in [0.15, 0.2) is 48.5 Å². The molecule has 10 heteroatoms. The fourth-order valence-electron chi connectivity index (χ4n) is 2.45. The van der Waals surface area contributed by atoms with Gasteiger partial charge in [0.05, 0.1) is 4.88 Å². The van der Waals surface area contributed by atoms with E-state index >= 15 is 0 Å². The Balaban J connectivity index is 1.90. The van der Waals surface area contributed by atoms with Gasteiger partial charge in [-0.2, -0.15) is 8.42 Å². The van der Waals surface area contributed by atoms with Gasteiger partial charge in [-0.15, -0.1) is 15.6 Å². The molecule has 0 atom stereocenters. The van der Waals surface area contributed by atoms with Crippen LogP contribution in [0.1, 0.15) is 9.67 Å². The fourth-order valence-corrected chi connectivity index (χ4v) is 4.32. The number of carbonyl (C=O) groups is 1. The lowest BCUT2D eigenvalue weighted by molar-refractivity contribution is 0.102. The summed E-state index contributed by atoms with van der Waals surface area (Å²) in [6.45, 7) is 0. The number of halogens is 1. The van der Waals surface area contributed by atoms with Gasteiger partial charge < -0.3 is 5.73 Å². The summed E-state index contributed by atoms with van der Waals surface area (Å²) in [5.41, 5.74) is 8.23. The van der Waals surface area contributed by atoms with Gasteiger partial charge in [-0.3, -0.25) is 10.2 Å². The van der Waals surface area contributed by atoms with Crippen LogP contribution >= 0.6 is 11.3 Å². The van der Waals surface area contributed by atoms with Crippen molar-refractivity contribution in [3.8, 4) is 11.1 Å². The first-order chi connectivity index (χ1) is 12.7. The summed E-state index contributed by atoms with van der Waals surface area (Å²) in [6, 6.07) is 13.0. The van der Waals surface area contributed by atoms with Gasteiger partial charge in [0.25, 0.3) is 10.1 Å². The predicted molar refractivity (Wildman–Crippen MR) is 101 cm³/mol. The molecule has 3 aromatic rings. The lowest BCUT2D eigenvalue weighted by Gasteiger charge is -2.04. The van der Waals surface area contributed by atoms with Gasteiger partial charge in [0.1, 0.15) is 11.6 Å². The summed E-state index contributed by atoms with van der Waals surface area (Å²) in [4.78, 5) is 12.6. The maximum Gasteiger partial charge on any atom is 0.295 e. The van der Waals surface area contributed by atoms with Crippen molar-refractivity contribution >= 4 is 43.3 Å². The number of fused-ring (bicyclic) bond motifs is 1. The van der Waals surface area contributed by atoms with Gasteiger partial charge in [-0.05, 0) is 35.4 Å². The number of guanidine groups is 1. The molecule has 1 aromatic heterocycles. The fraction of sp³-hybridized carbons (Fsp3) is 0.0588. The minimum absolute atomic E-state index is 0.245. The lowest BCUT2D eigenvalue weighted by Crippen LogP contribution is -2.34. The van der Waals surface area contributed by atoms with E-state index in [1.165, 1.54) is 12.1 Å². The zero-order valence-corrected chi connectivity index (χ0v) is 15.4. The van der Waals surface area contributed by atoms with E-state index in [2.05, 4.69) is 4.28 Å². The Morgan fingerprint density at radius 2 is 1.93 bits per heavy atom. The van der Waals surface area contributed by atoms with Crippen LogP contribution in [0.2, 0.25) is 0 Å². The molecule has 140 valence electrons. The summed E-state index contributed by atoms with van der Waals surface area (Å²) >= 11 is 1.15. The van der Waals surface area contributed by atoms with E-state index in [4.69, 9.17) is 11.1 Å². The summed E-state index contributed by atoms with van der Waals surface area (Å²) in [6.07, 6.45) is 0. The number of Topliss-reactive ketones (excluding diaryl/α,β-unsaturated/α-hetero) is 1. The number of thiophene rings is 1. The molecule has 1 heterocycles. The molecule has 0 aliphatic carbocycles. The highest BCUT2D eigenvalue weighted by Gasteiger charge is 2.22. The molecule has 7 nitrogen and oxygen atoms in total. The van der Waals surface area contributed by atoms with E-state index < -0.39 is 27.6 Å². The second-order valence-corrected chi connectivity index (χ2v) is 8.21. The average molecular weight is 407 g/mol. The first-order valence-corrected chi connectivity index (χ1v) is 9.97. The maximum atomic E-state index is 13.2. The minimum Gasteiger partial charge on any atom is -0.368 e. The highest BCUT2D eigenvalue weighted by molar-refractivity contribution is 7.87. The third-order valence-electron chi connectivity index (χ3n) is 3.58. The number of nitrogens with two attached hydrogens (primary N) is 1. The monoisotopic (exact) mass is 407 g/mol. The number of ketones is 1. The van der Waals surface area contributed by atoms with Crippen molar-refractivity contribution < 1.29 is 21.9 Å². The molecule has 0 bridgehead atoms. The molecule has 0 saturated carbocycles. The molecule has 3 rings (SSSR count). The number of benzene rings is 2. The molecule has 2 aromatic carbocycles. The topological polar surface area (TPSA) is 122 Å². The molecule has 0 saturated heterocycles. The third-order valence-corrected chi connectivity index (χ3v) is 5.67. The number of hydrogen-bond acceptors (Lipinski definition) is 6. The number of hydroxylamine groups is 1. The lowest BCUT2D eigenvalue weighted by atomic mass is 10.0. The second kappa shape index (κ2) is 7.43. The van der Waals surface area contributed by atoms with E-state index in [1.54, 1.807) is 23.7 Å². The Morgan fingerprint density at radius 1 is 1.22 bits per heavy atom. The summed E-state index contributed by atoms with van der Waals surface area (Å²) < 4.78 is 41.8. The van der Waals surface area contributed by atoms with Crippen molar-refractivity contribution in [2.75, 3.05) is 5.75 Å². The summed E-state index contributed by atoms with van der Waals surface area (Å²) in [7, 11) is -4.25. The van der Waals surface area contributed by atoms with Gasteiger partial charge in [-0.1, -0.05) is 24.3 Å². The Bertz CT molecular complexity index is 1120. The van der Waals surface area contributed by atoms with Crippen molar-refractivity contribution in [1.29, 1.82) is 5.41 Å². The number of carbonyl (C=O) groups excluding carboxylic acids is 1. The van der Waals surface area contributed by atoms with E-state index in [1.807, 2.05) is 18.2 Å². The molecule has 0 aliphatic rings.